The molecule has 1 atom stereocenters. The molecule has 0 bridgehead atoms. The molecule has 1 unspecified atom stereocenters. The third-order valence-corrected chi connectivity index (χ3v) is 9.35. The minimum atomic E-state index is -4.01. The molecule has 0 aromatic carbocycles. The predicted molar refractivity (Wildman–Crippen MR) is 107 cm³/mol. The molecule has 10 nitrogen and oxygen atoms in total. The van der Waals surface area contributed by atoms with Crippen molar-refractivity contribution in [3.63, 3.8) is 0 Å². The van der Waals surface area contributed by atoms with E-state index in [0.29, 0.717) is 25.7 Å². The molecule has 0 aliphatic carbocycles. The summed E-state index contributed by atoms with van der Waals surface area (Å²) in [5.74, 6) is -3.75. The van der Waals surface area contributed by atoms with Crippen LogP contribution in [0.15, 0.2) is 10.3 Å². The van der Waals surface area contributed by atoms with Gasteiger partial charge in [-0.2, -0.15) is 0 Å². The molecule has 0 saturated carbocycles. The highest BCUT2D eigenvalue weighted by molar-refractivity contribution is 8.09. The van der Waals surface area contributed by atoms with Crippen LogP contribution in [0.5, 0.6) is 0 Å². The lowest BCUT2D eigenvalue weighted by atomic mass is 10.1. The molecule has 0 radical (unpaired) electrons. The minimum Gasteiger partial charge on any atom is -0.411 e. The molecule has 0 aromatic heterocycles. The zero-order valence-electron chi connectivity index (χ0n) is 16.6. The molecule has 28 heavy (non-hydrogen) atoms. The summed E-state index contributed by atoms with van der Waals surface area (Å²) in [5.41, 5.74) is 0. The van der Waals surface area contributed by atoms with E-state index >= 15 is 0 Å². The molecular formula is C16H30N2O8S2. The lowest BCUT2D eigenvalue weighted by molar-refractivity contribution is -0.137. The van der Waals surface area contributed by atoms with Gasteiger partial charge >= 0.3 is 0 Å². The van der Waals surface area contributed by atoms with Crippen LogP contribution in [0.4, 0.5) is 0 Å². The fourth-order valence-corrected chi connectivity index (χ4v) is 7.97. The van der Waals surface area contributed by atoms with E-state index in [4.69, 9.17) is 10.4 Å². The zero-order valence-corrected chi connectivity index (χ0v) is 18.2. The fraction of sp³-hybridized carbons (Fsp3) is 0.750. The number of carbonyl (C=O) groups excluding carboxylic acids is 2. The topological polar surface area (TPSA) is 168 Å². The number of oxime groups is 2. The second-order valence-corrected chi connectivity index (χ2v) is 10.8. The summed E-state index contributed by atoms with van der Waals surface area (Å²) in [6.45, 7) is 5.81. The predicted octanol–water partition coefficient (Wildman–Crippen LogP) is 1.44. The molecule has 0 heterocycles. The molecule has 0 rings (SSSR count). The van der Waals surface area contributed by atoms with Crippen LogP contribution in [0.3, 0.4) is 0 Å². The normalized spacial score (nSPS) is 13.5. The average Bonchev–Trinajstić information content (AvgIpc) is 2.62. The van der Waals surface area contributed by atoms with Crippen molar-refractivity contribution >= 4 is 43.7 Å². The van der Waals surface area contributed by atoms with Crippen LogP contribution < -0.4 is 0 Å². The summed E-state index contributed by atoms with van der Waals surface area (Å²) in [4.78, 5) is 23.1. The first kappa shape index (κ1) is 28.4. The number of hydrogen-bond donors (Lipinski definition) is 2. The first-order valence-corrected chi connectivity index (χ1v) is 12.2. The number of nitrogens with zero attached hydrogens (tertiary/aromatic N) is 2. The van der Waals surface area contributed by atoms with Gasteiger partial charge < -0.3 is 10.4 Å². The number of carbonyl (C=O) groups is 2. The Hall–Kier alpha value is -1.82. The standard InChI is InChI=1S/C14H26O6S2.C2H4N2O2/c1-5-7-9-21(17,18)14(11(3)13(16)12(4)15)22(19,20)10-8-6-2;5-3-1-2-4-6/h11,14H,5-10H2,1-4H3;1-2,5-6H. The van der Waals surface area contributed by atoms with Gasteiger partial charge in [-0.25, -0.2) is 16.8 Å². The Bertz CT molecular complexity index is 695. The van der Waals surface area contributed by atoms with Gasteiger partial charge in [0.05, 0.1) is 29.9 Å². The van der Waals surface area contributed by atoms with Gasteiger partial charge in [0.15, 0.2) is 30.0 Å². The van der Waals surface area contributed by atoms with E-state index in [1.165, 1.54) is 6.92 Å². The van der Waals surface area contributed by atoms with Crippen molar-refractivity contribution in [2.24, 2.45) is 16.2 Å². The Morgan fingerprint density at radius 3 is 1.50 bits per heavy atom. The van der Waals surface area contributed by atoms with Crippen LogP contribution in [0.25, 0.3) is 0 Å². The van der Waals surface area contributed by atoms with E-state index < -0.39 is 41.7 Å². The van der Waals surface area contributed by atoms with Gasteiger partial charge in [0.25, 0.3) is 0 Å². The van der Waals surface area contributed by atoms with Crippen molar-refractivity contribution in [2.45, 2.75) is 58.0 Å². The minimum absolute atomic E-state index is 0.297. The van der Waals surface area contributed by atoms with E-state index in [2.05, 4.69) is 10.3 Å². The molecule has 0 saturated heterocycles. The highest BCUT2D eigenvalue weighted by Crippen LogP contribution is 2.24. The van der Waals surface area contributed by atoms with Crippen molar-refractivity contribution in [3.8, 4) is 0 Å². The third-order valence-electron chi connectivity index (χ3n) is 3.64. The summed E-state index contributed by atoms with van der Waals surface area (Å²) in [6.07, 6.45) is 3.72. The summed E-state index contributed by atoms with van der Waals surface area (Å²) < 4.78 is 47.9. The molecule has 164 valence electrons. The Morgan fingerprint density at radius 2 is 1.25 bits per heavy atom. The number of ketones is 2. The van der Waals surface area contributed by atoms with E-state index in [0.717, 1.165) is 19.4 Å². The van der Waals surface area contributed by atoms with Crippen molar-refractivity contribution < 1.29 is 36.8 Å². The second kappa shape index (κ2) is 14.2. The van der Waals surface area contributed by atoms with Crippen LogP contribution in [0, 0.1) is 5.92 Å². The Labute approximate surface area is 166 Å². The molecule has 0 aliphatic rings. The maximum absolute atomic E-state index is 12.4. The monoisotopic (exact) mass is 442 g/mol. The van der Waals surface area contributed by atoms with Gasteiger partial charge in [-0.3, -0.25) is 9.59 Å². The van der Waals surface area contributed by atoms with Gasteiger partial charge in [-0.05, 0) is 12.8 Å². The molecule has 0 spiro atoms. The van der Waals surface area contributed by atoms with Crippen molar-refractivity contribution in [2.75, 3.05) is 11.5 Å². The maximum Gasteiger partial charge on any atom is 0.203 e. The summed E-state index contributed by atoms with van der Waals surface area (Å²) >= 11 is 0. The van der Waals surface area contributed by atoms with Crippen LogP contribution >= 0.6 is 0 Å². The van der Waals surface area contributed by atoms with Crippen LogP contribution in [0.1, 0.15) is 53.4 Å². The largest absolute Gasteiger partial charge is 0.411 e. The van der Waals surface area contributed by atoms with Crippen molar-refractivity contribution in [1.29, 1.82) is 0 Å². The van der Waals surface area contributed by atoms with Gasteiger partial charge in [-0.1, -0.05) is 43.9 Å². The highest BCUT2D eigenvalue weighted by Gasteiger charge is 2.44. The number of sulfone groups is 2. The quantitative estimate of drug-likeness (QED) is 0.198. The smallest absolute Gasteiger partial charge is 0.203 e. The highest BCUT2D eigenvalue weighted by atomic mass is 32.3. The van der Waals surface area contributed by atoms with E-state index in [1.54, 1.807) is 13.8 Å². The number of Topliss-reactive ketones (excluding diaryl/α,β-unsaturated/α-hetero) is 2. The van der Waals surface area contributed by atoms with Gasteiger partial charge in [0, 0.05) is 6.92 Å². The Balaban J connectivity index is 0. The molecule has 0 fully saturated rings. The number of hydrogen-bond acceptors (Lipinski definition) is 10. The van der Waals surface area contributed by atoms with E-state index in [1.807, 2.05) is 0 Å². The lowest BCUT2D eigenvalue weighted by Gasteiger charge is -2.22. The van der Waals surface area contributed by atoms with E-state index in [-0.39, 0.29) is 11.5 Å². The number of unbranched alkanes of at least 4 members (excludes halogenated alkanes) is 2. The first-order chi connectivity index (χ1) is 12.9. The van der Waals surface area contributed by atoms with Crippen LogP contribution in [-0.2, 0) is 29.3 Å². The average molecular weight is 443 g/mol. The SMILES string of the molecule is CCCCS(=O)(=O)C(C(C)C(=O)C(C)=O)S(=O)(=O)CCCC.ON=CC=NO. The molecular weight excluding hydrogens is 412 g/mol. The van der Waals surface area contributed by atoms with Gasteiger partial charge in [0.2, 0.25) is 5.78 Å². The molecule has 2 N–H and O–H groups in total. The zero-order chi connectivity index (χ0) is 22.4. The molecule has 0 amide bonds. The maximum atomic E-state index is 12.4. The van der Waals surface area contributed by atoms with Crippen molar-refractivity contribution in [1.82, 2.24) is 0 Å². The molecule has 0 aliphatic heterocycles. The second-order valence-electron chi connectivity index (χ2n) is 6.05. The van der Waals surface area contributed by atoms with E-state index in [9.17, 15) is 26.4 Å². The van der Waals surface area contributed by atoms with Crippen molar-refractivity contribution in [3.05, 3.63) is 0 Å². The third kappa shape index (κ3) is 10.5. The Kier molecular flexibility index (Phi) is 14.4. The summed E-state index contributed by atoms with van der Waals surface area (Å²) in [5, 5.41) is 20.1. The molecule has 0 aromatic rings. The Morgan fingerprint density at radius 1 is 0.893 bits per heavy atom. The fourth-order valence-electron chi connectivity index (χ4n) is 2.27. The van der Waals surface area contributed by atoms with Gasteiger partial charge in [-0.15, -0.1) is 0 Å². The van der Waals surface area contributed by atoms with Crippen LogP contribution in [0.2, 0.25) is 0 Å². The van der Waals surface area contributed by atoms with Gasteiger partial charge in [0.1, 0.15) is 0 Å². The molecule has 12 heteroatoms. The van der Waals surface area contributed by atoms with Crippen LogP contribution in [-0.4, -0.2) is 67.3 Å². The first-order valence-electron chi connectivity index (χ1n) is 8.74. The lowest BCUT2D eigenvalue weighted by Crippen LogP contribution is -2.43. The number of rotatable bonds is 12. The summed E-state index contributed by atoms with van der Waals surface area (Å²) in [7, 11) is -8.02. The summed E-state index contributed by atoms with van der Waals surface area (Å²) in [6, 6.07) is 0.